The summed E-state index contributed by atoms with van der Waals surface area (Å²) >= 11 is 0. The molecule has 1 aromatic heterocycles. The number of rotatable bonds is 3. The number of H-pyrrole nitrogens is 1. The summed E-state index contributed by atoms with van der Waals surface area (Å²) in [5.74, 6) is 1.32. The third-order valence-electron chi connectivity index (χ3n) is 6.23. The lowest BCUT2D eigenvalue weighted by molar-refractivity contribution is -0.121. The third kappa shape index (κ3) is 3.27. The number of aromatic nitrogens is 3. The minimum atomic E-state index is -0.402. The molecule has 1 saturated heterocycles. The summed E-state index contributed by atoms with van der Waals surface area (Å²) in [7, 11) is 0. The van der Waals surface area contributed by atoms with E-state index in [4.69, 9.17) is 5.26 Å². The van der Waals surface area contributed by atoms with Crippen LogP contribution in [0.1, 0.15) is 29.8 Å². The van der Waals surface area contributed by atoms with Crippen LogP contribution in [-0.2, 0) is 11.2 Å². The number of nitrogens with one attached hydrogen (secondary N) is 1. The second-order valence-corrected chi connectivity index (χ2v) is 8.16. The van der Waals surface area contributed by atoms with Gasteiger partial charge in [0.15, 0.2) is 12.0 Å². The van der Waals surface area contributed by atoms with Crippen LogP contribution in [-0.4, -0.2) is 45.1 Å². The van der Waals surface area contributed by atoms with E-state index in [1.165, 1.54) is 0 Å². The summed E-state index contributed by atoms with van der Waals surface area (Å²) in [5.41, 5.74) is 5.37. The molecule has 8 nitrogen and oxygen atoms in total. The molecule has 3 heterocycles. The molecule has 2 aliphatic heterocycles. The van der Waals surface area contributed by atoms with Crippen LogP contribution in [0, 0.1) is 29.7 Å². The van der Waals surface area contributed by atoms with Crippen LogP contribution in [0.5, 0.6) is 0 Å². The molecule has 0 aliphatic carbocycles. The predicted molar refractivity (Wildman–Crippen MR) is 118 cm³/mol. The smallest absolute Gasteiger partial charge is 0.250 e. The maximum atomic E-state index is 13.4. The van der Waals surface area contributed by atoms with Gasteiger partial charge in [-0.15, -0.1) is 10.2 Å². The Kier molecular flexibility index (Phi) is 4.84. The van der Waals surface area contributed by atoms with Crippen LogP contribution >= 0.6 is 0 Å². The quantitative estimate of drug-likeness (QED) is 0.648. The van der Waals surface area contributed by atoms with Gasteiger partial charge in [0.25, 0.3) is 0 Å². The number of amides is 1. The van der Waals surface area contributed by atoms with E-state index in [0.717, 1.165) is 40.8 Å². The van der Waals surface area contributed by atoms with E-state index >= 15 is 0 Å². The first-order valence-electron chi connectivity index (χ1n) is 10.6. The Bertz CT molecular complexity index is 1280. The molecular weight excluding hydrogens is 402 g/mol. The highest BCUT2D eigenvalue weighted by Gasteiger charge is 2.37. The average Bonchev–Trinajstić information content (AvgIpc) is 3.57. The van der Waals surface area contributed by atoms with Crippen molar-refractivity contribution >= 4 is 11.6 Å². The van der Waals surface area contributed by atoms with E-state index < -0.39 is 6.04 Å². The lowest BCUT2D eigenvalue weighted by Gasteiger charge is -2.25. The standard InChI is InChI=1S/C24H21N7O/c1-15-27-23(29-28-15)18-11-20(17-6-4-16(13-25)5-7-17)19-8-10-31(22(19)12-18)24(32)21-3-2-9-30(21)14-26/h4-7,11-12,21H,2-3,8-10H2,1H3,(H,27,28,29). The second-order valence-electron chi connectivity index (χ2n) is 8.16. The molecule has 0 spiro atoms. The normalized spacial score (nSPS) is 17.2. The van der Waals surface area contributed by atoms with Crippen molar-refractivity contribution in [3.63, 3.8) is 0 Å². The number of carbonyl (C=O) groups excluding carboxylic acids is 1. The molecule has 5 rings (SSSR count). The van der Waals surface area contributed by atoms with Crippen molar-refractivity contribution in [2.45, 2.75) is 32.2 Å². The molecule has 2 aromatic carbocycles. The SMILES string of the molecule is Cc1nnc(-c2cc(-c3ccc(C#N)cc3)c3c(c2)N(C(=O)C2CCCN2C#N)CC3)[nH]1. The van der Waals surface area contributed by atoms with Gasteiger partial charge in [-0.1, -0.05) is 12.1 Å². The van der Waals surface area contributed by atoms with Crippen molar-refractivity contribution in [1.29, 1.82) is 10.5 Å². The Labute approximate surface area is 185 Å². The van der Waals surface area contributed by atoms with Crippen molar-refractivity contribution in [2.75, 3.05) is 18.0 Å². The number of anilines is 1. The third-order valence-corrected chi connectivity index (χ3v) is 6.23. The molecular formula is C24H21N7O. The van der Waals surface area contributed by atoms with Gasteiger partial charge in [0.1, 0.15) is 11.9 Å². The van der Waals surface area contributed by atoms with Crippen LogP contribution in [0.3, 0.4) is 0 Å². The highest BCUT2D eigenvalue weighted by molar-refractivity contribution is 6.01. The van der Waals surface area contributed by atoms with Crippen molar-refractivity contribution in [3.05, 3.63) is 53.3 Å². The van der Waals surface area contributed by atoms with Crippen LogP contribution in [0.4, 0.5) is 5.69 Å². The van der Waals surface area contributed by atoms with Crippen molar-refractivity contribution < 1.29 is 4.79 Å². The Morgan fingerprint density at radius 2 is 1.94 bits per heavy atom. The summed E-state index contributed by atoms with van der Waals surface area (Å²) in [6.45, 7) is 3.05. The summed E-state index contributed by atoms with van der Waals surface area (Å²) in [5, 5.41) is 26.9. The van der Waals surface area contributed by atoms with E-state index in [9.17, 15) is 10.1 Å². The number of aromatic amines is 1. The zero-order valence-corrected chi connectivity index (χ0v) is 17.7. The molecule has 1 fully saturated rings. The minimum Gasteiger partial charge on any atom is -0.325 e. The number of hydrogen-bond acceptors (Lipinski definition) is 6. The molecule has 2 aliphatic rings. The molecule has 0 radical (unpaired) electrons. The summed E-state index contributed by atoms with van der Waals surface area (Å²) < 4.78 is 0. The first kappa shape index (κ1) is 19.8. The number of nitrogens with zero attached hydrogens (tertiary/aromatic N) is 6. The van der Waals surface area contributed by atoms with Gasteiger partial charge in [-0.05, 0) is 67.1 Å². The fraction of sp³-hybridized carbons (Fsp3) is 0.292. The van der Waals surface area contributed by atoms with Gasteiger partial charge in [0, 0.05) is 24.3 Å². The average molecular weight is 423 g/mol. The summed E-state index contributed by atoms with van der Waals surface area (Å²) in [6.07, 6.45) is 4.44. The largest absolute Gasteiger partial charge is 0.325 e. The molecule has 3 aromatic rings. The number of nitriles is 2. The maximum absolute atomic E-state index is 13.4. The summed E-state index contributed by atoms with van der Waals surface area (Å²) in [4.78, 5) is 20.0. The van der Waals surface area contributed by atoms with Gasteiger partial charge in [-0.2, -0.15) is 10.5 Å². The van der Waals surface area contributed by atoms with Crippen LogP contribution in [0.25, 0.3) is 22.5 Å². The highest BCUT2D eigenvalue weighted by Crippen LogP contribution is 2.40. The van der Waals surface area contributed by atoms with Gasteiger partial charge in [0.05, 0.1) is 11.6 Å². The van der Waals surface area contributed by atoms with Gasteiger partial charge in [0.2, 0.25) is 5.91 Å². The molecule has 8 heteroatoms. The Hall–Kier alpha value is -4.17. The molecule has 158 valence electrons. The molecule has 32 heavy (non-hydrogen) atoms. The van der Waals surface area contributed by atoms with Crippen molar-refractivity contribution in [1.82, 2.24) is 20.1 Å². The van der Waals surface area contributed by atoms with Crippen LogP contribution in [0.2, 0.25) is 0 Å². The van der Waals surface area contributed by atoms with E-state index in [1.807, 2.05) is 30.0 Å². The number of carbonyl (C=O) groups is 1. The molecule has 1 unspecified atom stereocenters. The fourth-order valence-electron chi connectivity index (χ4n) is 4.65. The number of aryl methyl sites for hydroxylation is 1. The second kappa shape index (κ2) is 7.82. The lowest BCUT2D eigenvalue weighted by Crippen LogP contribution is -2.43. The van der Waals surface area contributed by atoms with Crippen LogP contribution < -0.4 is 4.90 Å². The number of benzene rings is 2. The van der Waals surface area contributed by atoms with Crippen molar-refractivity contribution in [3.8, 4) is 34.8 Å². The van der Waals surface area contributed by atoms with Gasteiger partial charge >= 0.3 is 0 Å². The zero-order valence-electron chi connectivity index (χ0n) is 17.7. The highest BCUT2D eigenvalue weighted by atomic mass is 16.2. The monoisotopic (exact) mass is 423 g/mol. The number of hydrogen-bond donors (Lipinski definition) is 1. The molecule has 1 amide bonds. The van der Waals surface area contributed by atoms with Gasteiger partial charge in [-0.25, -0.2) is 0 Å². The first-order valence-corrected chi connectivity index (χ1v) is 10.6. The van der Waals surface area contributed by atoms with Crippen molar-refractivity contribution in [2.24, 2.45) is 0 Å². The molecule has 1 atom stereocenters. The predicted octanol–water partition coefficient (Wildman–Crippen LogP) is 3.15. The van der Waals surface area contributed by atoms with E-state index in [1.54, 1.807) is 17.0 Å². The Balaban J connectivity index is 1.62. The fourth-order valence-corrected chi connectivity index (χ4v) is 4.65. The Morgan fingerprint density at radius 1 is 1.12 bits per heavy atom. The molecule has 1 N–H and O–H groups in total. The minimum absolute atomic E-state index is 0.0283. The van der Waals surface area contributed by atoms with Crippen LogP contribution in [0.15, 0.2) is 36.4 Å². The van der Waals surface area contributed by atoms with E-state index in [0.29, 0.717) is 36.7 Å². The zero-order chi connectivity index (χ0) is 22.2. The molecule has 0 saturated carbocycles. The lowest BCUT2D eigenvalue weighted by atomic mass is 9.94. The topological polar surface area (TPSA) is 113 Å². The maximum Gasteiger partial charge on any atom is 0.250 e. The van der Waals surface area contributed by atoms with Gasteiger partial charge in [-0.3, -0.25) is 9.69 Å². The van der Waals surface area contributed by atoms with Gasteiger partial charge < -0.3 is 9.88 Å². The number of likely N-dealkylation sites (tertiary alicyclic amines) is 1. The first-order chi connectivity index (χ1) is 15.6. The van der Waals surface area contributed by atoms with E-state index in [-0.39, 0.29) is 5.91 Å². The summed E-state index contributed by atoms with van der Waals surface area (Å²) in [6, 6.07) is 13.3. The van der Waals surface area contributed by atoms with E-state index in [2.05, 4.69) is 33.5 Å². The number of fused-ring (bicyclic) bond motifs is 1. The molecule has 0 bridgehead atoms. The Morgan fingerprint density at radius 3 is 2.62 bits per heavy atom.